The smallest absolute Gasteiger partial charge is 0.311 e. The van der Waals surface area contributed by atoms with Gasteiger partial charge in [-0.25, -0.2) is 0 Å². The summed E-state index contributed by atoms with van der Waals surface area (Å²) in [5.74, 6) is -0.591. The van der Waals surface area contributed by atoms with Crippen LogP contribution in [-0.4, -0.2) is 24.0 Å². The van der Waals surface area contributed by atoms with E-state index in [9.17, 15) is 14.9 Å². The van der Waals surface area contributed by atoms with Crippen LogP contribution in [0.15, 0.2) is 18.2 Å². The van der Waals surface area contributed by atoms with E-state index in [-0.39, 0.29) is 11.4 Å². The van der Waals surface area contributed by atoms with E-state index >= 15 is 0 Å². The lowest BCUT2D eigenvalue weighted by atomic mass is 10.2. The van der Waals surface area contributed by atoms with Gasteiger partial charge in [0.2, 0.25) is 0 Å². The molecule has 0 aromatic heterocycles. The molecule has 0 aliphatic rings. The lowest BCUT2D eigenvalue weighted by Crippen LogP contribution is -2.33. The molecule has 0 spiro atoms. The number of benzene rings is 1. The summed E-state index contributed by atoms with van der Waals surface area (Å²) in [5.41, 5.74) is 5.74. The molecule has 104 valence electrons. The van der Waals surface area contributed by atoms with E-state index in [1.807, 2.05) is 0 Å². The van der Waals surface area contributed by atoms with Crippen molar-refractivity contribution >= 4 is 11.6 Å². The lowest BCUT2D eigenvalue weighted by molar-refractivity contribution is -0.386. The second kappa shape index (κ2) is 6.69. The van der Waals surface area contributed by atoms with Gasteiger partial charge in [-0.15, -0.1) is 0 Å². The SMILES string of the molecule is CCC(Oc1ccc(CNC)cc1[N+](=O)[O-])C(N)=O. The number of nitrogens with one attached hydrogen (secondary N) is 1. The number of hydrogen-bond donors (Lipinski definition) is 2. The minimum Gasteiger partial charge on any atom is -0.473 e. The van der Waals surface area contributed by atoms with Gasteiger partial charge in [0.05, 0.1) is 4.92 Å². The Morgan fingerprint density at radius 2 is 2.26 bits per heavy atom. The highest BCUT2D eigenvalue weighted by Crippen LogP contribution is 2.29. The second-order valence-corrected chi connectivity index (χ2v) is 4.01. The first-order chi connectivity index (χ1) is 8.99. The van der Waals surface area contributed by atoms with Gasteiger partial charge in [-0.05, 0) is 25.1 Å². The van der Waals surface area contributed by atoms with E-state index in [2.05, 4.69) is 5.32 Å². The van der Waals surface area contributed by atoms with Crippen LogP contribution >= 0.6 is 0 Å². The van der Waals surface area contributed by atoms with E-state index < -0.39 is 16.9 Å². The number of nitrogens with zero attached hydrogens (tertiary/aromatic N) is 1. The fourth-order valence-electron chi connectivity index (χ4n) is 1.62. The van der Waals surface area contributed by atoms with Crippen LogP contribution in [0.25, 0.3) is 0 Å². The van der Waals surface area contributed by atoms with Crippen molar-refractivity contribution in [2.45, 2.75) is 26.0 Å². The van der Waals surface area contributed by atoms with Crippen LogP contribution in [0.3, 0.4) is 0 Å². The summed E-state index contributed by atoms with van der Waals surface area (Å²) >= 11 is 0. The molecule has 19 heavy (non-hydrogen) atoms. The monoisotopic (exact) mass is 267 g/mol. The molecule has 0 saturated heterocycles. The largest absolute Gasteiger partial charge is 0.473 e. The molecular formula is C12H17N3O4. The van der Waals surface area contributed by atoms with Gasteiger partial charge in [0.15, 0.2) is 11.9 Å². The van der Waals surface area contributed by atoms with Crippen molar-refractivity contribution in [2.24, 2.45) is 5.73 Å². The molecule has 3 N–H and O–H groups in total. The Balaban J connectivity index is 3.05. The van der Waals surface area contributed by atoms with Gasteiger partial charge >= 0.3 is 5.69 Å². The van der Waals surface area contributed by atoms with Gasteiger partial charge < -0.3 is 15.8 Å². The maximum absolute atomic E-state index is 11.1. The molecule has 0 aliphatic heterocycles. The van der Waals surface area contributed by atoms with Gasteiger partial charge in [-0.1, -0.05) is 13.0 Å². The summed E-state index contributed by atoms with van der Waals surface area (Å²) in [4.78, 5) is 21.6. The van der Waals surface area contributed by atoms with Crippen molar-refractivity contribution in [3.05, 3.63) is 33.9 Å². The third-order valence-corrected chi connectivity index (χ3v) is 2.56. The highest BCUT2D eigenvalue weighted by atomic mass is 16.6. The third-order valence-electron chi connectivity index (χ3n) is 2.56. The third kappa shape index (κ3) is 3.92. The van der Waals surface area contributed by atoms with Gasteiger partial charge in [0, 0.05) is 12.6 Å². The van der Waals surface area contributed by atoms with Crippen molar-refractivity contribution in [3.8, 4) is 5.75 Å². The number of rotatable bonds is 7. The quantitative estimate of drug-likeness (QED) is 0.565. The van der Waals surface area contributed by atoms with E-state index in [0.717, 1.165) is 5.56 Å². The number of ether oxygens (including phenoxy) is 1. The number of carbonyl (C=O) groups excluding carboxylic acids is 1. The number of carbonyl (C=O) groups is 1. The minimum absolute atomic E-state index is 0.0514. The molecule has 1 rings (SSSR count). The Hall–Kier alpha value is -2.15. The van der Waals surface area contributed by atoms with Crippen LogP contribution < -0.4 is 15.8 Å². The zero-order valence-electron chi connectivity index (χ0n) is 10.9. The lowest BCUT2D eigenvalue weighted by Gasteiger charge is -2.14. The van der Waals surface area contributed by atoms with E-state index in [4.69, 9.17) is 10.5 Å². The number of amides is 1. The standard InChI is InChI=1S/C12H17N3O4/c1-3-10(12(13)16)19-11-5-4-8(7-14-2)6-9(11)15(17)18/h4-6,10,14H,3,7H2,1-2H3,(H2,13,16). The van der Waals surface area contributed by atoms with Crippen molar-refractivity contribution in [1.82, 2.24) is 5.32 Å². The molecule has 1 amide bonds. The molecule has 0 fully saturated rings. The van der Waals surface area contributed by atoms with Crippen LogP contribution in [-0.2, 0) is 11.3 Å². The highest BCUT2D eigenvalue weighted by Gasteiger charge is 2.21. The summed E-state index contributed by atoms with van der Waals surface area (Å²) in [6, 6.07) is 4.60. The molecule has 1 atom stereocenters. The highest BCUT2D eigenvalue weighted by molar-refractivity contribution is 5.79. The average Bonchev–Trinajstić information content (AvgIpc) is 2.36. The maximum atomic E-state index is 11.1. The van der Waals surface area contributed by atoms with E-state index in [1.54, 1.807) is 20.0 Å². The molecule has 0 heterocycles. The second-order valence-electron chi connectivity index (χ2n) is 4.01. The summed E-state index contributed by atoms with van der Waals surface area (Å²) in [6.07, 6.45) is -0.515. The molecule has 7 heteroatoms. The van der Waals surface area contributed by atoms with Crippen molar-refractivity contribution in [3.63, 3.8) is 0 Å². The normalized spacial score (nSPS) is 11.9. The molecule has 0 bridgehead atoms. The molecule has 0 aliphatic carbocycles. The van der Waals surface area contributed by atoms with E-state index in [1.165, 1.54) is 12.1 Å². The fourth-order valence-corrected chi connectivity index (χ4v) is 1.62. The first-order valence-electron chi connectivity index (χ1n) is 5.87. The van der Waals surface area contributed by atoms with E-state index in [0.29, 0.717) is 13.0 Å². The van der Waals surface area contributed by atoms with Crippen LogP contribution in [0.2, 0.25) is 0 Å². The predicted molar refractivity (Wildman–Crippen MR) is 69.8 cm³/mol. The van der Waals surface area contributed by atoms with Crippen molar-refractivity contribution in [2.75, 3.05) is 7.05 Å². The predicted octanol–water partition coefficient (Wildman–Crippen LogP) is 0.957. The van der Waals surface area contributed by atoms with Crippen molar-refractivity contribution < 1.29 is 14.5 Å². The number of nitro benzene ring substituents is 1. The fraction of sp³-hybridized carbons (Fsp3) is 0.417. The number of primary amides is 1. The van der Waals surface area contributed by atoms with Crippen LogP contribution in [0.4, 0.5) is 5.69 Å². The van der Waals surface area contributed by atoms with Gasteiger partial charge in [-0.2, -0.15) is 0 Å². The van der Waals surface area contributed by atoms with Crippen LogP contribution in [0, 0.1) is 10.1 Å². The number of nitrogens with two attached hydrogens (primary N) is 1. The maximum Gasteiger partial charge on any atom is 0.311 e. The Labute approximate surface area is 110 Å². The molecule has 7 nitrogen and oxygen atoms in total. The zero-order valence-corrected chi connectivity index (χ0v) is 10.9. The zero-order chi connectivity index (χ0) is 14.4. The molecule has 0 radical (unpaired) electrons. The number of hydrogen-bond acceptors (Lipinski definition) is 5. The Morgan fingerprint density at radius 1 is 1.58 bits per heavy atom. The van der Waals surface area contributed by atoms with Crippen LogP contribution in [0.5, 0.6) is 5.75 Å². The van der Waals surface area contributed by atoms with Gasteiger partial charge in [0.25, 0.3) is 5.91 Å². The minimum atomic E-state index is -0.867. The molecular weight excluding hydrogens is 250 g/mol. The molecule has 1 aromatic rings. The van der Waals surface area contributed by atoms with Crippen LogP contribution in [0.1, 0.15) is 18.9 Å². The molecule has 1 aromatic carbocycles. The summed E-state index contributed by atoms with van der Waals surface area (Å²) in [6.45, 7) is 2.23. The Bertz CT molecular complexity index is 476. The molecule has 1 unspecified atom stereocenters. The van der Waals surface area contributed by atoms with Crippen molar-refractivity contribution in [1.29, 1.82) is 0 Å². The first-order valence-corrected chi connectivity index (χ1v) is 5.87. The van der Waals surface area contributed by atoms with Gasteiger partial charge in [0.1, 0.15) is 0 Å². The Morgan fingerprint density at radius 3 is 2.74 bits per heavy atom. The average molecular weight is 267 g/mol. The summed E-state index contributed by atoms with van der Waals surface area (Å²) in [5, 5.41) is 13.9. The first kappa shape index (κ1) is 14.9. The number of nitro groups is 1. The topological polar surface area (TPSA) is 107 Å². The summed E-state index contributed by atoms with van der Waals surface area (Å²) in [7, 11) is 1.75. The molecule has 0 saturated carbocycles. The Kier molecular flexibility index (Phi) is 5.25. The van der Waals surface area contributed by atoms with Gasteiger partial charge in [-0.3, -0.25) is 14.9 Å². The summed E-state index contributed by atoms with van der Waals surface area (Å²) < 4.78 is 5.31.